The molecule has 0 aliphatic rings. The molecule has 0 radical (unpaired) electrons. The van der Waals surface area contributed by atoms with Crippen LogP contribution >= 0.6 is 11.6 Å². The van der Waals surface area contributed by atoms with Crippen LogP contribution in [0.1, 0.15) is 0 Å². The second-order valence-corrected chi connectivity index (χ2v) is 3.28. The molecule has 0 fully saturated rings. The second-order valence-electron chi connectivity index (χ2n) is 2.87. The van der Waals surface area contributed by atoms with Crippen LogP contribution < -0.4 is 10.2 Å². The van der Waals surface area contributed by atoms with Gasteiger partial charge in [0.15, 0.2) is 0 Å². The summed E-state index contributed by atoms with van der Waals surface area (Å²) in [6.07, 6.45) is 3.52. The van der Waals surface area contributed by atoms with E-state index in [1.165, 1.54) is 0 Å². The SMILES string of the molecule is Bc1cc(OC)c2c(Cl)cnn2c1. The molecule has 0 atom stereocenters. The van der Waals surface area contributed by atoms with Crippen molar-refractivity contribution in [1.29, 1.82) is 0 Å². The van der Waals surface area contributed by atoms with E-state index in [1.807, 2.05) is 20.1 Å². The second kappa shape index (κ2) is 2.96. The Morgan fingerprint density at radius 1 is 1.62 bits per heavy atom. The van der Waals surface area contributed by atoms with Gasteiger partial charge in [-0.2, -0.15) is 5.10 Å². The molecule has 0 aliphatic heterocycles. The highest BCUT2D eigenvalue weighted by Crippen LogP contribution is 2.25. The fraction of sp³-hybridized carbons (Fsp3) is 0.125. The number of pyridine rings is 1. The summed E-state index contributed by atoms with van der Waals surface area (Å²) >= 11 is 5.95. The van der Waals surface area contributed by atoms with E-state index in [-0.39, 0.29) is 0 Å². The van der Waals surface area contributed by atoms with Crippen molar-refractivity contribution in [2.45, 2.75) is 0 Å². The molecular weight excluding hydrogens is 186 g/mol. The van der Waals surface area contributed by atoms with Gasteiger partial charge >= 0.3 is 0 Å². The minimum Gasteiger partial charge on any atom is -0.494 e. The molecule has 0 bridgehead atoms. The van der Waals surface area contributed by atoms with Gasteiger partial charge in [0.05, 0.1) is 18.3 Å². The third-order valence-electron chi connectivity index (χ3n) is 1.89. The number of halogens is 1. The molecule has 0 saturated carbocycles. The van der Waals surface area contributed by atoms with Gasteiger partial charge in [0.1, 0.15) is 19.1 Å². The molecule has 2 aromatic heterocycles. The topological polar surface area (TPSA) is 26.5 Å². The average Bonchev–Trinajstić information content (AvgIpc) is 2.46. The smallest absolute Gasteiger partial charge is 0.145 e. The van der Waals surface area contributed by atoms with E-state index in [1.54, 1.807) is 17.8 Å². The van der Waals surface area contributed by atoms with Gasteiger partial charge in [-0.3, -0.25) is 0 Å². The Kier molecular flexibility index (Phi) is 1.92. The van der Waals surface area contributed by atoms with Crippen LogP contribution in [-0.2, 0) is 0 Å². The molecule has 2 rings (SSSR count). The molecule has 0 amide bonds. The number of hydrogen-bond acceptors (Lipinski definition) is 2. The molecule has 0 saturated heterocycles. The summed E-state index contributed by atoms with van der Waals surface area (Å²) in [5, 5.41) is 4.70. The van der Waals surface area contributed by atoms with Gasteiger partial charge in [-0.25, -0.2) is 4.52 Å². The van der Waals surface area contributed by atoms with Crippen molar-refractivity contribution in [2.75, 3.05) is 7.11 Å². The van der Waals surface area contributed by atoms with Crippen molar-refractivity contribution in [3.05, 3.63) is 23.5 Å². The van der Waals surface area contributed by atoms with Crippen molar-refractivity contribution >= 4 is 30.4 Å². The van der Waals surface area contributed by atoms with Crippen LogP contribution in [0.5, 0.6) is 5.75 Å². The van der Waals surface area contributed by atoms with Crippen molar-refractivity contribution < 1.29 is 4.74 Å². The standard InChI is InChI=1S/C8H8BClN2O/c1-13-7-2-5(9)4-12-8(7)6(10)3-11-12/h2-4H,9H2,1H3. The molecule has 13 heavy (non-hydrogen) atoms. The molecule has 0 spiro atoms. The Labute approximate surface area is 81.7 Å². The van der Waals surface area contributed by atoms with E-state index in [0.29, 0.717) is 5.02 Å². The molecule has 66 valence electrons. The number of fused-ring (bicyclic) bond motifs is 1. The highest BCUT2D eigenvalue weighted by Gasteiger charge is 2.07. The summed E-state index contributed by atoms with van der Waals surface area (Å²) in [7, 11) is 3.61. The van der Waals surface area contributed by atoms with Crippen molar-refractivity contribution in [3.8, 4) is 5.75 Å². The fourth-order valence-corrected chi connectivity index (χ4v) is 1.55. The molecular formula is C8H8BClN2O. The monoisotopic (exact) mass is 194 g/mol. The minimum atomic E-state index is 0.608. The average molecular weight is 194 g/mol. The molecule has 0 aliphatic carbocycles. The number of hydrogen-bond donors (Lipinski definition) is 0. The van der Waals surface area contributed by atoms with Crippen molar-refractivity contribution in [1.82, 2.24) is 9.61 Å². The number of ether oxygens (including phenoxy) is 1. The number of rotatable bonds is 1. The Balaban J connectivity index is 2.85. The third kappa shape index (κ3) is 1.27. The van der Waals surface area contributed by atoms with Crippen LogP contribution in [-0.4, -0.2) is 24.6 Å². The van der Waals surface area contributed by atoms with Gasteiger partial charge in [0.2, 0.25) is 0 Å². The van der Waals surface area contributed by atoms with E-state index >= 15 is 0 Å². The maximum absolute atomic E-state index is 5.95. The number of aromatic nitrogens is 2. The first-order valence-electron chi connectivity index (χ1n) is 3.90. The van der Waals surface area contributed by atoms with Gasteiger partial charge in [-0.15, -0.1) is 0 Å². The van der Waals surface area contributed by atoms with Crippen LogP contribution in [0, 0.1) is 0 Å². The van der Waals surface area contributed by atoms with Crippen LogP contribution in [0.15, 0.2) is 18.5 Å². The van der Waals surface area contributed by atoms with E-state index in [4.69, 9.17) is 16.3 Å². The quantitative estimate of drug-likeness (QED) is 0.609. The first kappa shape index (κ1) is 8.44. The van der Waals surface area contributed by atoms with Crippen molar-refractivity contribution in [3.63, 3.8) is 0 Å². The van der Waals surface area contributed by atoms with Crippen molar-refractivity contribution in [2.24, 2.45) is 0 Å². The fourth-order valence-electron chi connectivity index (χ4n) is 1.33. The highest BCUT2D eigenvalue weighted by atomic mass is 35.5. The largest absolute Gasteiger partial charge is 0.494 e. The Morgan fingerprint density at radius 3 is 3.08 bits per heavy atom. The molecule has 5 heteroatoms. The number of nitrogens with zero attached hydrogens (tertiary/aromatic N) is 2. The summed E-state index contributed by atoms with van der Waals surface area (Å²) in [6, 6.07) is 1.93. The summed E-state index contributed by atoms with van der Waals surface area (Å²) in [5.41, 5.74) is 1.90. The molecule has 3 nitrogen and oxygen atoms in total. The predicted molar refractivity (Wildman–Crippen MR) is 54.9 cm³/mol. The minimum absolute atomic E-state index is 0.608. The first-order chi connectivity index (χ1) is 6.22. The predicted octanol–water partition coefficient (Wildman–Crippen LogP) is 0.255. The van der Waals surface area contributed by atoms with Gasteiger partial charge in [-0.05, 0) is 6.07 Å². The lowest BCUT2D eigenvalue weighted by Gasteiger charge is -2.04. The molecule has 2 aromatic rings. The van der Waals surface area contributed by atoms with Crippen LogP contribution in [0.3, 0.4) is 0 Å². The van der Waals surface area contributed by atoms with Gasteiger partial charge in [-0.1, -0.05) is 17.1 Å². The third-order valence-corrected chi connectivity index (χ3v) is 2.17. The van der Waals surface area contributed by atoms with Gasteiger partial charge in [0, 0.05) is 6.20 Å². The molecule has 0 aromatic carbocycles. The zero-order valence-electron chi connectivity index (χ0n) is 7.41. The summed E-state index contributed by atoms with van der Waals surface area (Å²) in [6.45, 7) is 0. The Bertz CT molecular complexity index is 455. The lowest BCUT2D eigenvalue weighted by atomic mass is 9.98. The van der Waals surface area contributed by atoms with Crippen LogP contribution in [0.4, 0.5) is 0 Å². The molecule has 0 N–H and O–H groups in total. The van der Waals surface area contributed by atoms with Crippen LogP contribution in [0.25, 0.3) is 5.52 Å². The number of methoxy groups -OCH3 is 1. The molecule has 0 unspecified atom stereocenters. The Morgan fingerprint density at radius 2 is 2.38 bits per heavy atom. The highest BCUT2D eigenvalue weighted by molar-refractivity contribution is 6.35. The summed E-state index contributed by atoms with van der Waals surface area (Å²) < 4.78 is 6.92. The maximum atomic E-state index is 5.95. The summed E-state index contributed by atoms with van der Waals surface area (Å²) in [4.78, 5) is 0. The normalized spacial score (nSPS) is 10.6. The van der Waals surface area contributed by atoms with E-state index < -0.39 is 0 Å². The Hall–Kier alpha value is -1.16. The van der Waals surface area contributed by atoms with E-state index in [9.17, 15) is 0 Å². The van der Waals surface area contributed by atoms with Crippen LogP contribution in [0.2, 0.25) is 5.02 Å². The maximum Gasteiger partial charge on any atom is 0.145 e. The summed E-state index contributed by atoms with van der Waals surface area (Å²) in [5.74, 6) is 0.752. The van der Waals surface area contributed by atoms with E-state index in [2.05, 4.69) is 5.10 Å². The van der Waals surface area contributed by atoms with E-state index in [0.717, 1.165) is 16.7 Å². The first-order valence-corrected chi connectivity index (χ1v) is 4.27. The van der Waals surface area contributed by atoms with Gasteiger partial charge in [0.25, 0.3) is 0 Å². The molecule has 2 heterocycles. The lowest BCUT2D eigenvalue weighted by molar-refractivity contribution is 0.418. The van der Waals surface area contributed by atoms with Gasteiger partial charge < -0.3 is 4.74 Å². The zero-order valence-corrected chi connectivity index (χ0v) is 8.17. The lowest BCUT2D eigenvalue weighted by Crippen LogP contribution is -2.07. The zero-order chi connectivity index (χ0) is 9.42.